The molecule has 0 bridgehead atoms. The highest BCUT2D eigenvalue weighted by molar-refractivity contribution is 5.89. The van der Waals surface area contributed by atoms with Gasteiger partial charge in [0.2, 0.25) is 0 Å². The van der Waals surface area contributed by atoms with Gasteiger partial charge in [-0.2, -0.15) is 0 Å². The van der Waals surface area contributed by atoms with Gasteiger partial charge in [-0.05, 0) is 80.5 Å². The van der Waals surface area contributed by atoms with E-state index in [9.17, 15) is 14.7 Å². The van der Waals surface area contributed by atoms with Gasteiger partial charge in [0, 0.05) is 13.3 Å². The standard InChI is InChI=1S/C20H30O4/c1-12(21)24-14-7-9-19(2)13(11-14)3-4-15-16(19)8-10-20(23)17(15)5-6-18(20)22/h13-17,23H,3-11H2,1-2H3/t13-,14-,15+,16-,17-,19-,20+/m0/s1. The summed E-state index contributed by atoms with van der Waals surface area (Å²) >= 11 is 0. The molecule has 4 saturated carbocycles. The molecule has 0 radical (unpaired) electrons. The third-order valence-electron chi connectivity index (χ3n) is 8.16. The number of hydrogen-bond acceptors (Lipinski definition) is 4. The lowest BCUT2D eigenvalue weighted by Gasteiger charge is -2.59. The number of fused-ring (bicyclic) bond motifs is 5. The summed E-state index contributed by atoms with van der Waals surface area (Å²) in [6, 6.07) is 0. The molecule has 4 rings (SSSR count). The van der Waals surface area contributed by atoms with Gasteiger partial charge in [-0.25, -0.2) is 0 Å². The fourth-order valence-corrected chi connectivity index (χ4v) is 6.98. The van der Waals surface area contributed by atoms with E-state index in [-0.39, 0.29) is 29.2 Å². The van der Waals surface area contributed by atoms with Gasteiger partial charge in [0.15, 0.2) is 5.78 Å². The van der Waals surface area contributed by atoms with E-state index in [1.165, 1.54) is 6.92 Å². The number of aliphatic hydroxyl groups is 1. The van der Waals surface area contributed by atoms with Crippen molar-refractivity contribution in [2.45, 2.75) is 83.3 Å². The first-order chi connectivity index (χ1) is 11.3. The summed E-state index contributed by atoms with van der Waals surface area (Å²) < 4.78 is 5.50. The summed E-state index contributed by atoms with van der Waals surface area (Å²) in [6.07, 6.45) is 8.51. The predicted octanol–water partition coefficient (Wildman–Crippen LogP) is 3.25. The van der Waals surface area contributed by atoms with Crippen LogP contribution in [0.25, 0.3) is 0 Å². The van der Waals surface area contributed by atoms with Crippen molar-refractivity contribution in [2.24, 2.45) is 29.1 Å². The molecule has 0 heterocycles. The van der Waals surface area contributed by atoms with Crippen LogP contribution in [0, 0.1) is 29.1 Å². The van der Waals surface area contributed by atoms with Crippen molar-refractivity contribution in [3.8, 4) is 0 Å². The molecular formula is C20H30O4. The summed E-state index contributed by atoms with van der Waals surface area (Å²) in [6.45, 7) is 3.93. The maximum absolute atomic E-state index is 12.2. The topological polar surface area (TPSA) is 63.6 Å². The van der Waals surface area contributed by atoms with Crippen LogP contribution in [0.4, 0.5) is 0 Å². The van der Waals surface area contributed by atoms with Crippen molar-refractivity contribution in [3.05, 3.63) is 0 Å². The Morgan fingerprint density at radius 2 is 1.92 bits per heavy atom. The molecule has 4 aliphatic carbocycles. The third-order valence-corrected chi connectivity index (χ3v) is 8.16. The number of rotatable bonds is 1. The van der Waals surface area contributed by atoms with Crippen molar-refractivity contribution in [1.82, 2.24) is 0 Å². The summed E-state index contributed by atoms with van der Waals surface area (Å²) in [4.78, 5) is 23.5. The Balaban J connectivity index is 1.54. The zero-order valence-electron chi connectivity index (χ0n) is 14.9. The fraction of sp³-hybridized carbons (Fsp3) is 0.900. The average molecular weight is 334 g/mol. The van der Waals surface area contributed by atoms with E-state index in [1.54, 1.807) is 0 Å². The van der Waals surface area contributed by atoms with Crippen molar-refractivity contribution in [1.29, 1.82) is 0 Å². The molecule has 0 aromatic carbocycles. The fourth-order valence-electron chi connectivity index (χ4n) is 6.98. The Morgan fingerprint density at radius 3 is 2.67 bits per heavy atom. The van der Waals surface area contributed by atoms with Gasteiger partial charge < -0.3 is 9.84 Å². The first-order valence-corrected chi connectivity index (χ1v) is 9.77. The number of ketones is 1. The molecule has 4 nitrogen and oxygen atoms in total. The van der Waals surface area contributed by atoms with E-state index in [0.717, 1.165) is 44.9 Å². The first kappa shape index (κ1) is 16.6. The van der Waals surface area contributed by atoms with Crippen LogP contribution in [-0.2, 0) is 14.3 Å². The van der Waals surface area contributed by atoms with E-state index >= 15 is 0 Å². The molecule has 0 aromatic heterocycles. The number of esters is 1. The van der Waals surface area contributed by atoms with E-state index in [0.29, 0.717) is 30.6 Å². The van der Waals surface area contributed by atoms with Gasteiger partial charge >= 0.3 is 5.97 Å². The summed E-state index contributed by atoms with van der Waals surface area (Å²) in [7, 11) is 0. The summed E-state index contributed by atoms with van der Waals surface area (Å²) in [5.74, 6) is 1.85. The second-order valence-electron chi connectivity index (χ2n) is 9.09. The Kier molecular flexibility index (Phi) is 3.83. The molecule has 4 fully saturated rings. The van der Waals surface area contributed by atoms with Crippen LogP contribution in [0.3, 0.4) is 0 Å². The van der Waals surface area contributed by atoms with Crippen molar-refractivity contribution in [3.63, 3.8) is 0 Å². The van der Waals surface area contributed by atoms with E-state index in [2.05, 4.69) is 6.92 Å². The van der Waals surface area contributed by atoms with Crippen LogP contribution in [-0.4, -0.2) is 28.6 Å². The third kappa shape index (κ3) is 2.28. The van der Waals surface area contributed by atoms with E-state index in [1.807, 2.05) is 0 Å². The molecule has 4 aliphatic rings. The van der Waals surface area contributed by atoms with Crippen molar-refractivity contribution < 1.29 is 19.4 Å². The van der Waals surface area contributed by atoms with Gasteiger partial charge in [0.25, 0.3) is 0 Å². The van der Waals surface area contributed by atoms with Crippen molar-refractivity contribution >= 4 is 11.8 Å². The van der Waals surface area contributed by atoms with Gasteiger partial charge in [-0.3, -0.25) is 9.59 Å². The second kappa shape index (κ2) is 5.55. The summed E-state index contributed by atoms with van der Waals surface area (Å²) in [5, 5.41) is 10.9. The van der Waals surface area contributed by atoms with Crippen LogP contribution in [0.5, 0.6) is 0 Å². The van der Waals surface area contributed by atoms with E-state index < -0.39 is 5.60 Å². The average Bonchev–Trinajstić information content (AvgIpc) is 2.83. The predicted molar refractivity (Wildman–Crippen MR) is 89.1 cm³/mol. The first-order valence-electron chi connectivity index (χ1n) is 9.77. The van der Waals surface area contributed by atoms with Crippen LogP contribution >= 0.6 is 0 Å². The van der Waals surface area contributed by atoms with Crippen molar-refractivity contribution in [2.75, 3.05) is 0 Å². The molecule has 7 atom stereocenters. The minimum Gasteiger partial charge on any atom is -0.463 e. The molecule has 24 heavy (non-hydrogen) atoms. The Hall–Kier alpha value is -0.900. The number of carbonyl (C=O) groups is 2. The minimum absolute atomic E-state index is 0.0886. The van der Waals surface area contributed by atoms with E-state index in [4.69, 9.17) is 4.74 Å². The highest BCUT2D eigenvalue weighted by atomic mass is 16.5. The van der Waals surface area contributed by atoms with Crippen LogP contribution in [0.2, 0.25) is 0 Å². The molecule has 0 amide bonds. The molecule has 0 spiro atoms. The number of Topliss-reactive ketones (excluding diaryl/α,β-unsaturated/α-hetero) is 1. The lowest BCUT2D eigenvalue weighted by atomic mass is 9.46. The molecule has 0 aromatic rings. The number of hydrogen-bond donors (Lipinski definition) is 1. The lowest BCUT2D eigenvalue weighted by Crippen LogP contribution is -2.57. The quantitative estimate of drug-likeness (QED) is 0.748. The second-order valence-corrected chi connectivity index (χ2v) is 9.09. The Morgan fingerprint density at radius 1 is 1.12 bits per heavy atom. The van der Waals surface area contributed by atoms with Gasteiger partial charge in [-0.1, -0.05) is 6.92 Å². The summed E-state index contributed by atoms with van der Waals surface area (Å²) in [5.41, 5.74) is -0.730. The minimum atomic E-state index is -1.01. The molecule has 0 unspecified atom stereocenters. The normalized spacial score (nSPS) is 50.6. The molecule has 4 heteroatoms. The zero-order chi connectivity index (χ0) is 17.1. The monoisotopic (exact) mass is 334 g/mol. The molecule has 1 N–H and O–H groups in total. The molecule has 0 aliphatic heterocycles. The smallest absolute Gasteiger partial charge is 0.302 e. The maximum Gasteiger partial charge on any atom is 0.302 e. The zero-order valence-corrected chi connectivity index (χ0v) is 14.9. The lowest BCUT2D eigenvalue weighted by molar-refractivity contribution is -0.170. The Bertz CT molecular complexity index is 558. The largest absolute Gasteiger partial charge is 0.463 e. The number of ether oxygens (including phenoxy) is 1. The highest BCUT2D eigenvalue weighted by Gasteiger charge is 2.61. The SMILES string of the molecule is CC(=O)O[C@H]1CC[C@@]2(C)[C@@H](CC[C@@H]3[C@@H]2CC[C@]2(O)C(=O)CC[C@@H]32)C1. The van der Waals surface area contributed by atoms with Gasteiger partial charge in [0.05, 0.1) is 0 Å². The highest BCUT2D eigenvalue weighted by Crippen LogP contribution is 2.63. The van der Waals surface area contributed by atoms with Crippen LogP contribution < -0.4 is 0 Å². The molecular weight excluding hydrogens is 304 g/mol. The number of carbonyl (C=O) groups excluding carboxylic acids is 2. The maximum atomic E-state index is 12.2. The van der Waals surface area contributed by atoms with Crippen LogP contribution in [0.1, 0.15) is 71.6 Å². The van der Waals surface area contributed by atoms with Gasteiger partial charge in [-0.15, -0.1) is 0 Å². The van der Waals surface area contributed by atoms with Crippen LogP contribution in [0.15, 0.2) is 0 Å². The van der Waals surface area contributed by atoms with Gasteiger partial charge in [0.1, 0.15) is 11.7 Å². The molecule has 0 saturated heterocycles. The molecule has 134 valence electrons. The Labute approximate surface area is 144 Å².